The van der Waals surface area contributed by atoms with Crippen LogP contribution in [-0.2, 0) is 0 Å². The number of methoxy groups -OCH3 is 1. The van der Waals surface area contributed by atoms with E-state index in [-0.39, 0.29) is 5.91 Å². The topological polar surface area (TPSA) is 64.1 Å². The monoisotopic (exact) mass is 277 g/mol. The van der Waals surface area contributed by atoms with Crippen molar-refractivity contribution in [2.24, 2.45) is 0 Å². The van der Waals surface area contributed by atoms with Crippen molar-refractivity contribution in [1.29, 1.82) is 0 Å². The average molecular weight is 278 g/mol. The molecular formula is C13H12ClN3O2. The maximum absolute atomic E-state index is 12.1. The van der Waals surface area contributed by atoms with Crippen LogP contribution < -0.4 is 10.1 Å². The number of nitrogens with zero attached hydrogens (tertiary/aromatic N) is 2. The van der Waals surface area contributed by atoms with E-state index in [1.54, 1.807) is 12.1 Å². The first-order chi connectivity index (χ1) is 9.11. The SMILES string of the molecule is COc1cnccc1C(=O)Nc1cnc(Cl)c(C)c1. The first kappa shape index (κ1) is 13.3. The number of aryl methyl sites for hydroxylation is 1. The molecule has 0 saturated carbocycles. The third kappa shape index (κ3) is 3.00. The summed E-state index contributed by atoms with van der Waals surface area (Å²) in [7, 11) is 1.49. The van der Waals surface area contributed by atoms with Crippen LogP contribution in [0.2, 0.25) is 5.15 Å². The van der Waals surface area contributed by atoms with E-state index in [1.165, 1.54) is 25.7 Å². The lowest BCUT2D eigenvalue weighted by atomic mass is 10.2. The van der Waals surface area contributed by atoms with Crippen molar-refractivity contribution >= 4 is 23.2 Å². The molecule has 0 aromatic carbocycles. The van der Waals surface area contributed by atoms with Crippen molar-refractivity contribution < 1.29 is 9.53 Å². The smallest absolute Gasteiger partial charge is 0.259 e. The number of hydrogen-bond donors (Lipinski definition) is 1. The number of anilines is 1. The second-order valence-corrected chi connectivity index (χ2v) is 4.22. The third-order valence-electron chi connectivity index (χ3n) is 2.52. The molecule has 98 valence electrons. The molecule has 0 fully saturated rings. The van der Waals surface area contributed by atoms with Crippen molar-refractivity contribution in [2.45, 2.75) is 6.92 Å². The van der Waals surface area contributed by atoms with Gasteiger partial charge in [-0.25, -0.2) is 4.98 Å². The molecule has 0 bridgehead atoms. The molecule has 6 heteroatoms. The van der Waals surface area contributed by atoms with Crippen LogP contribution in [0.25, 0.3) is 0 Å². The lowest BCUT2D eigenvalue weighted by Gasteiger charge is -2.09. The number of amides is 1. The summed E-state index contributed by atoms with van der Waals surface area (Å²) < 4.78 is 5.09. The summed E-state index contributed by atoms with van der Waals surface area (Å²) in [6.45, 7) is 1.82. The predicted octanol–water partition coefficient (Wildman–Crippen LogP) is 2.70. The number of aromatic nitrogens is 2. The highest BCUT2D eigenvalue weighted by Gasteiger charge is 2.12. The average Bonchev–Trinajstić information content (AvgIpc) is 2.43. The Balaban J connectivity index is 2.23. The first-order valence-corrected chi connectivity index (χ1v) is 5.91. The van der Waals surface area contributed by atoms with E-state index in [4.69, 9.17) is 16.3 Å². The van der Waals surface area contributed by atoms with E-state index in [2.05, 4.69) is 15.3 Å². The van der Waals surface area contributed by atoms with Gasteiger partial charge in [0.05, 0.1) is 30.8 Å². The number of hydrogen-bond acceptors (Lipinski definition) is 4. The number of ether oxygens (including phenoxy) is 1. The van der Waals surface area contributed by atoms with E-state index in [1.807, 2.05) is 6.92 Å². The van der Waals surface area contributed by atoms with E-state index in [9.17, 15) is 4.79 Å². The van der Waals surface area contributed by atoms with Crippen LogP contribution in [0.15, 0.2) is 30.7 Å². The van der Waals surface area contributed by atoms with Gasteiger partial charge >= 0.3 is 0 Å². The Morgan fingerprint density at radius 3 is 2.89 bits per heavy atom. The van der Waals surface area contributed by atoms with Gasteiger partial charge in [-0.3, -0.25) is 9.78 Å². The Morgan fingerprint density at radius 1 is 1.42 bits per heavy atom. The molecule has 2 heterocycles. The van der Waals surface area contributed by atoms with Crippen molar-refractivity contribution in [3.8, 4) is 5.75 Å². The van der Waals surface area contributed by atoms with E-state index in [0.717, 1.165) is 5.56 Å². The second kappa shape index (κ2) is 5.67. The molecule has 19 heavy (non-hydrogen) atoms. The summed E-state index contributed by atoms with van der Waals surface area (Å²) in [6, 6.07) is 3.34. The molecule has 0 saturated heterocycles. The highest BCUT2D eigenvalue weighted by atomic mass is 35.5. The fraction of sp³-hybridized carbons (Fsp3) is 0.154. The van der Waals surface area contributed by atoms with E-state index in [0.29, 0.717) is 22.2 Å². The Bertz CT molecular complexity index is 617. The minimum atomic E-state index is -0.289. The maximum atomic E-state index is 12.1. The zero-order valence-electron chi connectivity index (χ0n) is 10.5. The van der Waals surface area contributed by atoms with E-state index >= 15 is 0 Å². The lowest BCUT2D eigenvalue weighted by Crippen LogP contribution is -2.13. The fourth-order valence-electron chi connectivity index (χ4n) is 1.56. The van der Waals surface area contributed by atoms with Gasteiger partial charge in [0.2, 0.25) is 0 Å². The molecule has 0 aliphatic heterocycles. The molecule has 2 aromatic rings. The van der Waals surface area contributed by atoms with Gasteiger partial charge in [-0.1, -0.05) is 11.6 Å². The minimum absolute atomic E-state index is 0.289. The predicted molar refractivity (Wildman–Crippen MR) is 72.7 cm³/mol. The molecule has 0 radical (unpaired) electrons. The van der Waals surface area contributed by atoms with Crippen molar-refractivity contribution in [1.82, 2.24) is 9.97 Å². The lowest BCUT2D eigenvalue weighted by molar-refractivity contribution is 0.102. The first-order valence-electron chi connectivity index (χ1n) is 5.53. The largest absolute Gasteiger partial charge is 0.494 e. The molecule has 0 atom stereocenters. The van der Waals surface area contributed by atoms with Crippen LogP contribution in [0, 0.1) is 6.92 Å². The number of carbonyl (C=O) groups is 1. The van der Waals surface area contributed by atoms with Gasteiger partial charge in [-0.15, -0.1) is 0 Å². The number of rotatable bonds is 3. The Labute approximate surface area is 115 Å². The van der Waals surface area contributed by atoms with Gasteiger partial charge in [0.15, 0.2) is 0 Å². The van der Waals surface area contributed by atoms with Gasteiger partial charge in [0.25, 0.3) is 5.91 Å². The summed E-state index contributed by atoms with van der Waals surface area (Å²) in [4.78, 5) is 20.0. The van der Waals surface area contributed by atoms with Crippen LogP contribution in [0.5, 0.6) is 5.75 Å². The van der Waals surface area contributed by atoms with Gasteiger partial charge in [-0.05, 0) is 24.6 Å². The Hall–Kier alpha value is -2.14. The summed E-state index contributed by atoms with van der Waals surface area (Å²) >= 11 is 5.83. The van der Waals surface area contributed by atoms with Crippen LogP contribution in [0.3, 0.4) is 0 Å². The Kier molecular flexibility index (Phi) is 3.97. The molecule has 2 rings (SSSR count). The minimum Gasteiger partial charge on any atom is -0.494 e. The molecule has 0 spiro atoms. The van der Waals surface area contributed by atoms with Crippen molar-refractivity contribution in [3.05, 3.63) is 47.0 Å². The third-order valence-corrected chi connectivity index (χ3v) is 2.92. The zero-order chi connectivity index (χ0) is 13.8. The van der Waals surface area contributed by atoms with Crippen molar-refractivity contribution in [2.75, 3.05) is 12.4 Å². The van der Waals surface area contributed by atoms with Crippen LogP contribution >= 0.6 is 11.6 Å². The molecule has 0 aliphatic rings. The normalized spacial score (nSPS) is 10.1. The van der Waals surface area contributed by atoms with Crippen LogP contribution in [-0.4, -0.2) is 23.0 Å². The number of pyridine rings is 2. The summed E-state index contributed by atoms with van der Waals surface area (Å²) in [5.41, 5.74) is 1.78. The maximum Gasteiger partial charge on any atom is 0.259 e. The fourth-order valence-corrected chi connectivity index (χ4v) is 1.66. The quantitative estimate of drug-likeness (QED) is 0.876. The van der Waals surface area contributed by atoms with Gasteiger partial charge in [-0.2, -0.15) is 0 Å². The van der Waals surface area contributed by atoms with Crippen molar-refractivity contribution in [3.63, 3.8) is 0 Å². The van der Waals surface area contributed by atoms with Crippen LogP contribution in [0.1, 0.15) is 15.9 Å². The van der Waals surface area contributed by atoms with E-state index < -0.39 is 0 Å². The molecule has 5 nitrogen and oxygen atoms in total. The molecular weight excluding hydrogens is 266 g/mol. The summed E-state index contributed by atoms with van der Waals surface area (Å²) in [6.07, 6.45) is 4.52. The van der Waals surface area contributed by atoms with Gasteiger partial charge in [0.1, 0.15) is 10.9 Å². The molecule has 1 amide bonds. The number of nitrogens with one attached hydrogen (secondary N) is 1. The Morgan fingerprint density at radius 2 is 2.21 bits per heavy atom. The second-order valence-electron chi connectivity index (χ2n) is 3.86. The zero-order valence-corrected chi connectivity index (χ0v) is 11.2. The summed E-state index contributed by atoms with van der Waals surface area (Å²) in [5, 5.41) is 3.15. The van der Waals surface area contributed by atoms with Gasteiger partial charge in [0, 0.05) is 6.20 Å². The highest BCUT2D eigenvalue weighted by molar-refractivity contribution is 6.30. The molecule has 2 aromatic heterocycles. The molecule has 0 unspecified atom stereocenters. The highest BCUT2D eigenvalue weighted by Crippen LogP contribution is 2.20. The van der Waals surface area contributed by atoms with Crippen LogP contribution in [0.4, 0.5) is 5.69 Å². The number of carbonyl (C=O) groups excluding carboxylic acids is 1. The number of halogens is 1. The molecule has 1 N–H and O–H groups in total. The summed E-state index contributed by atoms with van der Waals surface area (Å²) in [5.74, 6) is 0.126. The van der Waals surface area contributed by atoms with Gasteiger partial charge < -0.3 is 10.1 Å². The molecule has 0 aliphatic carbocycles. The standard InChI is InChI=1S/C13H12ClN3O2/c1-8-5-9(6-16-12(8)14)17-13(18)10-3-4-15-7-11(10)19-2/h3-7H,1-2H3,(H,17,18).